The molecule has 4 atom stereocenters. The van der Waals surface area contributed by atoms with Gasteiger partial charge in [0.15, 0.2) is 0 Å². The van der Waals surface area contributed by atoms with Crippen molar-refractivity contribution in [3.8, 4) is 5.75 Å². The zero-order valence-corrected chi connectivity index (χ0v) is 25.6. The van der Waals surface area contributed by atoms with Gasteiger partial charge in [-0.2, -0.15) is 0 Å². The highest BCUT2D eigenvalue weighted by atomic mass is 16.3. The first-order valence-corrected chi connectivity index (χ1v) is 15.6. The van der Waals surface area contributed by atoms with Crippen LogP contribution in [0.1, 0.15) is 36.8 Å². The van der Waals surface area contributed by atoms with E-state index in [1.165, 1.54) is 17.0 Å². The third kappa shape index (κ3) is 7.19. The lowest BCUT2D eigenvalue weighted by Crippen LogP contribution is -2.63. The molecule has 3 aromatic carbocycles. The number of phenols is 1. The molecule has 0 unspecified atom stereocenters. The van der Waals surface area contributed by atoms with Crippen molar-refractivity contribution in [2.24, 2.45) is 11.5 Å². The molecule has 2 fully saturated rings. The molecule has 0 aliphatic carbocycles. The third-order valence-electron chi connectivity index (χ3n) is 8.68. The van der Waals surface area contributed by atoms with Gasteiger partial charge in [-0.25, -0.2) is 0 Å². The fourth-order valence-corrected chi connectivity index (χ4v) is 6.32. The van der Waals surface area contributed by atoms with Crippen molar-refractivity contribution in [2.45, 2.75) is 62.7 Å². The van der Waals surface area contributed by atoms with E-state index < -0.39 is 60.2 Å². The van der Waals surface area contributed by atoms with Gasteiger partial charge in [0.05, 0.1) is 12.6 Å². The van der Waals surface area contributed by atoms with Crippen LogP contribution in [0.15, 0.2) is 66.7 Å². The van der Waals surface area contributed by atoms with Crippen molar-refractivity contribution in [3.63, 3.8) is 0 Å². The number of carbonyl (C=O) groups is 5. The SMILES string of the molecule is NCCC[C@@H]1C(=O)N[C@@H](Cc2cccc3ccccc23)C(=O)N2CCC[C@@H]2C(=O)NCC(=O)N1C(=O)[C@@H](N)Cc1ccc(O)cc1. The van der Waals surface area contributed by atoms with E-state index in [9.17, 15) is 29.1 Å². The predicted octanol–water partition coefficient (Wildman–Crippen LogP) is 0.726. The maximum absolute atomic E-state index is 14.2. The average molecular weight is 629 g/mol. The van der Waals surface area contributed by atoms with Crippen molar-refractivity contribution in [2.75, 3.05) is 19.6 Å². The van der Waals surface area contributed by atoms with E-state index in [1.807, 2.05) is 42.5 Å². The second kappa shape index (κ2) is 14.5. The van der Waals surface area contributed by atoms with E-state index >= 15 is 0 Å². The highest BCUT2D eigenvalue weighted by Gasteiger charge is 2.42. The lowest BCUT2D eigenvalue weighted by Gasteiger charge is -2.35. The van der Waals surface area contributed by atoms with E-state index in [0.717, 1.165) is 21.2 Å². The summed E-state index contributed by atoms with van der Waals surface area (Å²) in [7, 11) is 0. The van der Waals surface area contributed by atoms with Gasteiger partial charge in [0.2, 0.25) is 29.5 Å². The fraction of sp³-hybridized carbons (Fsp3) is 0.382. The molecule has 5 amide bonds. The minimum Gasteiger partial charge on any atom is -0.508 e. The zero-order valence-electron chi connectivity index (χ0n) is 25.6. The predicted molar refractivity (Wildman–Crippen MR) is 171 cm³/mol. The van der Waals surface area contributed by atoms with Crippen LogP contribution in [-0.4, -0.2) is 88.2 Å². The second-order valence-electron chi connectivity index (χ2n) is 11.8. The molecule has 2 aliphatic heterocycles. The zero-order chi connectivity index (χ0) is 32.8. The number of aromatic hydroxyl groups is 1. The van der Waals surface area contributed by atoms with Gasteiger partial charge in [-0.1, -0.05) is 54.6 Å². The van der Waals surface area contributed by atoms with Crippen molar-refractivity contribution < 1.29 is 29.1 Å². The monoisotopic (exact) mass is 628 g/mol. The maximum atomic E-state index is 14.2. The smallest absolute Gasteiger partial charge is 0.249 e. The molecule has 0 aromatic heterocycles. The summed E-state index contributed by atoms with van der Waals surface area (Å²) in [5.74, 6) is -3.16. The van der Waals surface area contributed by atoms with Crippen LogP contribution in [0.4, 0.5) is 0 Å². The van der Waals surface area contributed by atoms with E-state index in [4.69, 9.17) is 11.5 Å². The number of amides is 5. The molecule has 12 nitrogen and oxygen atoms in total. The van der Waals surface area contributed by atoms with Gasteiger partial charge in [0, 0.05) is 13.0 Å². The Morgan fingerprint density at radius 3 is 2.48 bits per heavy atom. The van der Waals surface area contributed by atoms with Crippen LogP contribution < -0.4 is 22.1 Å². The second-order valence-corrected chi connectivity index (χ2v) is 11.8. The summed E-state index contributed by atoms with van der Waals surface area (Å²) in [5, 5.41) is 17.0. The largest absolute Gasteiger partial charge is 0.508 e. The van der Waals surface area contributed by atoms with Gasteiger partial charge in [-0.3, -0.25) is 28.9 Å². The first-order valence-electron chi connectivity index (χ1n) is 15.6. The lowest BCUT2D eigenvalue weighted by molar-refractivity contribution is -0.154. The molecule has 12 heteroatoms. The molecule has 0 radical (unpaired) electrons. The van der Waals surface area contributed by atoms with Gasteiger partial charge < -0.3 is 32.1 Å². The number of hydrogen-bond donors (Lipinski definition) is 5. The van der Waals surface area contributed by atoms with Crippen LogP contribution in [0.25, 0.3) is 10.8 Å². The van der Waals surface area contributed by atoms with Crippen molar-refractivity contribution >= 4 is 40.3 Å². The number of fused-ring (bicyclic) bond motifs is 2. The number of rotatable bonds is 8. The number of phenolic OH excluding ortho intramolecular Hbond substituents is 1. The molecular formula is C34H40N6O6. The summed E-state index contributed by atoms with van der Waals surface area (Å²) in [6.07, 6.45) is 1.47. The molecule has 0 spiro atoms. The Balaban J connectivity index is 1.51. The molecule has 3 aromatic rings. The number of carbonyl (C=O) groups excluding carboxylic acids is 5. The Morgan fingerprint density at radius 2 is 1.72 bits per heavy atom. The molecule has 0 bridgehead atoms. The summed E-state index contributed by atoms with van der Waals surface area (Å²) in [4.78, 5) is 71.5. The Labute approximate surface area is 267 Å². The fourth-order valence-electron chi connectivity index (χ4n) is 6.32. The molecule has 2 aliphatic rings. The first-order chi connectivity index (χ1) is 22.2. The number of nitrogens with zero attached hydrogens (tertiary/aromatic N) is 2. The number of hydrogen-bond acceptors (Lipinski definition) is 8. The summed E-state index contributed by atoms with van der Waals surface area (Å²) in [5.41, 5.74) is 13.6. The number of nitrogens with two attached hydrogens (primary N) is 2. The molecule has 7 N–H and O–H groups in total. The van der Waals surface area contributed by atoms with Gasteiger partial charge in [-0.15, -0.1) is 0 Å². The molecule has 5 rings (SSSR count). The van der Waals surface area contributed by atoms with E-state index in [1.54, 1.807) is 12.1 Å². The summed E-state index contributed by atoms with van der Waals surface area (Å²) in [6, 6.07) is 15.1. The summed E-state index contributed by atoms with van der Waals surface area (Å²) < 4.78 is 0. The molecule has 0 saturated carbocycles. The standard InChI is InChI=1S/C34H40N6O6/c35-16-4-10-29-32(44)38-27(19-23-8-3-7-22-6-1-2-9-25(22)23)34(46)39-17-5-11-28(39)31(43)37-20-30(42)40(29)33(45)26(36)18-21-12-14-24(41)15-13-21/h1-3,6-9,12-15,26-29,41H,4-5,10-11,16-20,35-36H2,(H,37,43)(H,38,44)/t26-,27-,28+,29+/m0/s1. The Hall–Kier alpha value is -4.81. The average Bonchev–Trinajstić information content (AvgIpc) is 3.55. The van der Waals surface area contributed by atoms with Crippen molar-refractivity contribution in [1.82, 2.24) is 20.4 Å². The Morgan fingerprint density at radius 1 is 0.978 bits per heavy atom. The minimum atomic E-state index is -1.33. The Kier molecular flexibility index (Phi) is 10.3. The minimum absolute atomic E-state index is 0.0275. The van der Waals surface area contributed by atoms with Crippen molar-refractivity contribution in [1.29, 1.82) is 0 Å². The van der Waals surface area contributed by atoms with Gasteiger partial charge in [0.25, 0.3) is 0 Å². The normalized spacial score (nSPS) is 21.7. The highest BCUT2D eigenvalue weighted by molar-refractivity contribution is 6.05. The Bertz CT molecular complexity index is 1610. The van der Waals surface area contributed by atoms with E-state index in [0.29, 0.717) is 31.4 Å². The van der Waals surface area contributed by atoms with Gasteiger partial charge in [0.1, 0.15) is 23.9 Å². The van der Waals surface area contributed by atoms with Crippen molar-refractivity contribution in [3.05, 3.63) is 77.9 Å². The number of imide groups is 1. The topological polar surface area (TPSA) is 188 Å². The van der Waals surface area contributed by atoms with Crippen LogP contribution in [0, 0.1) is 0 Å². The highest BCUT2D eigenvalue weighted by Crippen LogP contribution is 2.24. The van der Waals surface area contributed by atoms with Gasteiger partial charge >= 0.3 is 0 Å². The first kappa shape index (κ1) is 32.6. The van der Waals surface area contributed by atoms with E-state index in [-0.39, 0.29) is 31.6 Å². The lowest BCUT2D eigenvalue weighted by atomic mass is 9.97. The summed E-state index contributed by atoms with van der Waals surface area (Å²) in [6.45, 7) is -0.0366. The molecular weight excluding hydrogens is 588 g/mol. The molecule has 46 heavy (non-hydrogen) atoms. The van der Waals surface area contributed by atoms with Crippen LogP contribution in [0.5, 0.6) is 5.75 Å². The summed E-state index contributed by atoms with van der Waals surface area (Å²) >= 11 is 0. The molecule has 2 saturated heterocycles. The molecule has 2 heterocycles. The maximum Gasteiger partial charge on any atom is 0.249 e. The number of nitrogens with one attached hydrogen (secondary N) is 2. The van der Waals surface area contributed by atoms with Crippen LogP contribution in [-0.2, 0) is 36.8 Å². The van der Waals surface area contributed by atoms with Gasteiger partial charge in [-0.05, 0) is 72.7 Å². The van der Waals surface area contributed by atoms with Crippen LogP contribution >= 0.6 is 0 Å². The van der Waals surface area contributed by atoms with Crippen LogP contribution in [0.2, 0.25) is 0 Å². The quantitative estimate of drug-likeness (QED) is 0.241. The van der Waals surface area contributed by atoms with E-state index in [2.05, 4.69) is 10.6 Å². The third-order valence-corrected chi connectivity index (χ3v) is 8.68. The molecule has 242 valence electrons. The number of benzene rings is 3. The van der Waals surface area contributed by atoms with Crippen LogP contribution in [0.3, 0.4) is 0 Å².